The van der Waals surface area contributed by atoms with Crippen molar-refractivity contribution in [3.8, 4) is 17.1 Å². The topological polar surface area (TPSA) is 39.9 Å². The van der Waals surface area contributed by atoms with Crippen LogP contribution in [0.3, 0.4) is 0 Å². The first-order valence-electron chi connectivity index (χ1n) is 7.18. The molecule has 0 aliphatic carbocycles. The first-order valence-corrected chi connectivity index (χ1v) is 8.16. The van der Waals surface area contributed by atoms with Gasteiger partial charge in [-0.1, -0.05) is 30.0 Å². The van der Waals surface area contributed by atoms with Gasteiger partial charge < -0.3 is 4.74 Å². The Hall–Kier alpha value is -2.18. The van der Waals surface area contributed by atoms with E-state index in [-0.39, 0.29) is 5.82 Å². The average molecular weight is 329 g/mol. The molecule has 0 N–H and O–H groups in total. The van der Waals surface area contributed by atoms with Gasteiger partial charge >= 0.3 is 0 Å². The van der Waals surface area contributed by atoms with Gasteiger partial charge in [-0.15, -0.1) is 10.2 Å². The Kier molecular flexibility index (Phi) is 5.05. The largest absolute Gasteiger partial charge is 0.384 e. The Morgan fingerprint density at radius 3 is 2.48 bits per heavy atom. The van der Waals surface area contributed by atoms with Crippen molar-refractivity contribution >= 4 is 11.8 Å². The third kappa shape index (κ3) is 3.60. The number of hydrogen-bond acceptors (Lipinski definition) is 4. The zero-order valence-corrected chi connectivity index (χ0v) is 13.5. The van der Waals surface area contributed by atoms with Gasteiger partial charge in [0, 0.05) is 24.1 Å². The summed E-state index contributed by atoms with van der Waals surface area (Å²) in [6.07, 6.45) is 0. The lowest BCUT2D eigenvalue weighted by atomic mass is 10.2. The Morgan fingerprint density at radius 2 is 1.78 bits per heavy atom. The highest BCUT2D eigenvalue weighted by molar-refractivity contribution is 7.99. The summed E-state index contributed by atoms with van der Waals surface area (Å²) in [7, 11) is 1.67. The van der Waals surface area contributed by atoms with Crippen LogP contribution in [0, 0.1) is 5.82 Å². The average Bonchev–Trinajstić information content (AvgIpc) is 3.00. The van der Waals surface area contributed by atoms with Gasteiger partial charge in [0.2, 0.25) is 0 Å². The van der Waals surface area contributed by atoms with Crippen molar-refractivity contribution in [2.24, 2.45) is 0 Å². The zero-order chi connectivity index (χ0) is 16.1. The number of para-hydroxylation sites is 1. The molecular weight excluding hydrogens is 313 g/mol. The molecule has 118 valence electrons. The molecular formula is C17H16FN3OS. The molecule has 4 nitrogen and oxygen atoms in total. The SMILES string of the molecule is COCCSc1nnc(-c2ccc(F)cc2)n1-c1ccccc1. The van der Waals surface area contributed by atoms with Gasteiger partial charge in [-0.2, -0.15) is 0 Å². The standard InChI is InChI=1S/C17H16FN3OS/c1-22-11-12-23-17-20-19-16(13-7-9-14(18)10-8-13)21(17)15-5-3-2-4-6-15/h2-10H,11-12H2,1H3. The maximum absolute atomic E-state index is 13.2. The Morgan fingerprint density at radius 1 is 1.04 bits per heavy atom. The minimum absolute atomic E-state index is 0.269. The number of ether oxygens (including phenoxy) is 1. The van der Waals surface area contributed by atoms with E-state index in [1.807, 2.05) is 34.9 Å². The van der Waals surface area contributed by atoms with Crippen LogP contribution in [0.1, 0.15) is 0 Å². The predicted octanol–water partition coefficient (Wildman–Crippen LogP) is 3.81. The highest BCUT2D eigenvalue weighted by Gasteiger charge is 2.15. The lowest BCUT2D eigenvalue weighted by Crippen LogP contribution is -2.01. The van der Waals surface area contributed by atoms with E-state index in [2.05, 4.69) is 10.2 Å². The smallest absolute Gasteiger partial charge is 0.196 e. The van der Waals surface area contributed by atoms with Crippen LogP contribution in [-0.4, -0.2) is 34.2 Å². The van der Waals surface area contributed by atoms with Crippen LogP contribution < -0.4 is 0 Å². The van der Waals surface area contributed by atoms with Crippen LogP contribution in [0.15, 0.2) is 59.8 Å². The summed E-state index contributed by atoms with van der Waals surface area (Å²) in [6.45, 7) is 0.637. The highest BCUT2D eigenvalue weighted by Crippen LogP contribution is 2.27. The number of hydrogen-bond donors (Lipinski definition) is 0. The van der Waals surface area contributed by atoms with Gasteiger partial charge in [-0.3, -0.25) is 4.57 Å². The summed E-state index contributed by atoms with van der Waals surface area (Å²) >= 11 is 1.58. The number of rotatable bonds is 6. The predicted molar refractivity (Wildman–Crippen MR) is 89.4 cm³/mol. The molecule has 0 bridgehead atoms. The summed E-state index contributed by atoms with van der Waals surface area (Å²) < 4.78 is 20.2. The number of nitrogens with zero attached hydrogens (tertiary/aromatic N) is 3. The summed E-state index contributed by atoms with van der Waals surface area (Å²) in [4.78, 5) is 0. The second-order valence-electron chi connectivity index (χ2n) is 4.83. The number of thioether (sulfide) groups is 1. The second-order valence-corrected chi connectivity index (χ2v) is 5.89. The fraction of sp³-hybridized carbons (Fsp3) is 0.176. The van der Waals surface area contributed by atoms with E-state index >= 15 is 0 Å². The summed E-state index contributed by atoms with van der Waals surface area (Å²) in [5.74, 6) is 1.20. The van der Waals surface area contributed by atoms with E-state index < -0.39 is 0 Å². The molecule has 3 aromatic rings. The number of methoxy groups -OCH3 is 1. The molecule has 2 aromatic carbocycles. The number of aromatic nitrogens is 3. The summed E-state index contributed by atoms with van der Waals surface area (Å²) in [5, 5.41) is 9.37. The van der Waals surface area contributed by atoms with Crippen LogP contribution in [0.5, 0.6) is 0 Å². The zero-order valence-electron chi connectivity index (χ0n) is 12.6. The molecule has 0 spiro atoms. The molecule has 1 aromatic heterocycles. The lowest BCUT2D eigenvalue weighted by Gasteiger charge is -2.10. The van der Waals surface area contributed by atoms with Crippen molar-refractivity contribution in [3.05, 3.63) is 60.4 Å². The molecule has 3 rings (SSSR count). The van der Waals surface area contributed by atoms with E-state index in [9.17, 15) is 4.39 Å². The molecule has 0 aliphatic rings. The molecule has 0 aliphatic heterocycles. The molecule has 23 heavy (non-hydrogen) atoms. The third-order valence-electron chi connectivity index (χ3n) is 3.27. The van der Waals surface area contributed by atoms with Crippen molar-refractivity contribution in [1.82, 2.24) is 14.8 Å². The number of benzene rings is 2. The van der Waals surface area contributed by atoms with Gasteiger partial charge in [-0.25, -0.2) is 4.39 Å². The molecule has 0 radical (unpaired) electrons. The molecule has 0 saturated heterocycles. The number of halogens is 1. The fourth-order valence-electron chi connectivity index (χ4n) is 2.18. The van der Waals surface area contributed by atoms with E-state index in [4.69, 9.17) is 4.74 Å². The van der Waals surface area contributed by atoms with Crippen LogP contribution in [0.4, 0.5) is 4.39 Å². The van der Waals surface area contributed by atoms with Crippen LogP contribution in [-0.2, 0) is 4.74 Å². The fourth-order valence-corrected chi connectivity index (χ4v) is 3.03. The van der Waals surface area contributed by atoms with E-state index in [0.717, 1.165) is 22.2 Å². The van der Waals surface area contributed by atoms with Crippen molar-refractivity contribution in [2.75, 3.05) is 19.5 Å². The Balaban J connectivity index is 2.04. The molecule has 0 saturated carbocycles. The van der Waals surface area contributed by atoms with Crippen molar-refractivity contribution < 1.29 is 9.13 Å². The van der Waals surface area contributed by atoms with Gasteiger partial charge in [-0.05, 0) is 36.4 Å². The molecule has 0 unspecified atom stereocenters. The minimum atomic E-state index is -0.269. The first kappa shape index (κ1) is 15.7. The van der Waals surface area contributed by atoms with Gasteiger partial charge in [0.25, 0.3) is 0 Å². The molecule has 0 amide bonds. The van der Waals surface area contributed by atoms with Crippen LogP contribution in [0.25, 0.3) is 17.1 Å². The van der Waals surface area contributed by atoms with E-state index in [1.165, 1.54) is 12.1 Å². The van der Waals surface area contributed by atoms with Crippen LogP contribution in [0.2, 0.25) is 0 Å². The normalized spacial score (nSPS) is 10.9. The molecule has 6 heteroatoms. The second kappa shape index (κ2) is 7.39. The van der Waals surface area contributed by atoms with Crippen molar-refractivity contribution in [3.63, 3.8) is 0 Å². The Bertz CT molecular complexity index is 759. The quantitative estimate of drug-likeness (QED) is 0.509. The lowest BCUT2D eigenvalue weighted by molar-refractivity contribution is 0.218. The monoisotopic (exact) mass is 329 g/mol. The Labute approximate surface area is 138 Å². The maximum atomic E-state index is 13.2. The van der Waals surface area contributed by atoms with E-state index in [0.29, 0.717) is 12.4 Å². The third-order valence-corrected chi connectivity index (χ3v) is 4.16. The van der Waals surface area contributed by atoms with Gasteiger partial charge in [0.05, 0.1) is 6.61 Å². The summed E-state index contributed by atoms with van der Waals surface area (Å²) in [5.41, 5.74) is 1.79. The van der Waals surface area contributed by atoms with E-state index in [1.54, 1.807) is 31.0 Å². The van der Waals surface area contributed by atoms with Crippen LogP contribution >= 0.6 is 11.8 Å². The first-order chi connectivity index (χ1) is 11.3. The maximum Gasteiger partial charge on any atom is 0.196 e. The highest BCUT2D eigenvalue weighted by atomic mass is 32.2. The van der Waals surface area contributed by atoms with Crippen molar-refractivity contribution in [2.45, 2.75) is 5.16 Å². The van der Waals surface area contributed by atoms with Crippen molar-refractivity contribution in [1.29, 1.82) is 0 Å². The van der Waals surface area contributed by atoms with Gasteiger partial charge in [0.15, 0.2) is 11.0 Å². The van der Waals surface area contributed by atoms with Gasteiger partial charge in [0.1, 0.15) is 5.82 Å². The minimum Gasteiger partial charge on any atom is -0.384 e. The summed E-state index contributed by atoms with van der Waals surface area (Å²) in [6, 6.07) is 16.2. The molecule has 0 atom stereocenters. The molecule has 1 heterocycles. The molecule has 0 fully saturated rings.